The number of hydrogen-bond acceptors (Lipinski definition) is 5. The summed E-state index contributed by atoms with van der Waals surface area (Å²) in [7, 11) is -5.48. The fourth-order valence-corrected chi connectivity index (χ4v) is 12.1. The first kappa shape index (κ1) is 43.4. The molecule has 0 rings (SSSR count). The Hall–Kier alpha value is 0.378. The zero-order chi connectivity index (χ0) is 32.8. The van der Waals surface area contributed by atoms with E-state index in [2.05, 4.69) is 85.4 Å². The number of ether oxygens (including phenoxy) is 2. The van der Waals surface area contributed by atoms with Crippen LogP contribution in [0.15, 0.2) is 0 Å². The Kier molecular flexibility index (Phi) is 24.8. The molecule has 5 nitrogen and oxygen atoms in total. The summed E-state index contributed by atoms with van der Waals surface area (Å²) in [4.78, 5) is 0. The summed E-state index contributed by atoms with van der Waals surface area (Å²) in [6.07, 6.45) is 14.5. The highest BCUT2D eigenvalue weighted by molar-refractivity contribution is 6.77. The maximum absolute atomic E-state index is 6.42. The molecule has 0 N–H and O–H groups in total. The molecule has 0 saturated heterocycles. The molecule has 0 radical (unpaired) electrons. The van der Waals surface area contributed by atoms with Crippen LogP contribution in [0.5, 0.6) is 0 Å². The predicted octanol–water partition coefficient (Wildman–Crippen LogP) is 10.7. The summed E-state index contributed by atoms with van der Waals surface area (Å²) in [5.74, 6) is 1.38. The normalized spacial score (nSPS) is 15.5. The molecular formula is C34H76O5Si4. The molecule has 43 heavy (non-hydrogen) atoms. The molecule has 258 valence electrons. The minimum atomic E-state index is -1.69. The van der Waals surface area contributed by atoms with Crippen molar-refractivity contribution in [1.82, 2.24) is 0 Å². The standard InChI is InChI=1S/C34H76O5Si4/c1-13-22-33(30-37-42(7,8)9)34(41(4,5)6)24-17-20-28-36-26-18-15-21-29-40(38-39-43(10,11)12)31-32(3)23-16-19-27-35-25-14-2/h29,32-34H,13-28,30-31H2,1-12H3. The molecule has 0 aliphatic heterocycles. The smallest absolute Gasteiger partial charge is 0.283 e. The van der Waals surface area contributed by atoms with Crippen molar-refractivity contribution in [2.75, 3.05) is 33.0 Å². The van der Waals surface area contributed by atoms with Crippen LogP contribution in [0.1, 0.15) is 97.8 Å². The van der Waals surface area contributed by atoms with Gasteiger partial charge in [0.15, 0.2) is 8.32 Å². The van der Waals surface area contributed by atoms with Crippen molar-refractivity contribution in [3.05, 3.63) is 0 Å². The summed E-state index contributed by atoms with van der Waals surface area (Å²) in [6, 6.07) is 1.13. The quantitative estimate of drug-likeness (QED) is 0.0341. The van der Waals surface area contributed by atoms with E-state index in [1.807, 2.05) is 0 Å². The Morgan fingerprint density at radius 2 is 1.23 bits per heavy atom. The van der Waals surface area contributed by atoms with Crippen molar-refractivity contribution < 1.29 is 23.1 Å². The van der Waals surface area contributed by atoms with Gasteiger partial charge in [0.05, 0.1) is 0 Å². The van der Waals surface area contributed by atoms with Crippen LogP contribution < -0.4 is 0 Å². The van der Waals surface area contributed by atoms with Crippen LogP contribution in [0.25, 0.3) is 0 Å². The fourth-order valence-electron chi connectivity index (χ4n) is 5.50. The lowest BCUT2D eigenvalue weighted by Crippen LogP contribution is -2.38. The molecule has 0 aliphatic rings. The fraction of sp³-hybridized carbons (Fsp3) is 0.971. The molecule has 0 fully saturated rings. The van der Waals surface area contributed by atoms with E-state index in [1.54, 1.807) is 0 Å². The largest absolute Gasteiger partial charge is 0.422 e. The number of unbranched alkanes of at least 4 members (excludes halogenated alkanes) is 4. The van der Waals surface area contributed by atoms with E-state index >= 15 is 0 Å². The number of rotatable bonds is 29. The zero-order valence-electron chi connectivity index (χ0n) is 31.1. The maximum atomic E-state index is 6.42. The van der Waals surface area contributed by atoms with E-state index in [0.29, 0.717) is 5.92 Å². The third-order valence-corrected chi connectivity index (χ3v) is 14.7. The van der Waals surface area contributed by atoms with Gasteiger partial charge >= 0.3 is 0 Å². The first-order valence-electron chi connectivity index (χ1n) is 17.9. The number of hydrogen-bond donors (Lipinski definition) is 0. The average Bonchev–Trinajstić information content (AvgIpc) is 2.88. The second-order valence-electron chi connectivity index (χ2n) is 15.9. The summed E-state index contributed by atoms with van der Waals surface area (Å²) < 4.78 is 30.1. The van der Waals surface area contributed by atoms with Crippen molar-refractivity contribution in [3.63, 3.8) is 0 Å². The Labute approximate surface area is 274 Å². The van der Waals surface area contributed by atoms with Gasteiger partial charge in [-0.05, 0) is 108 Å². The summed E-state index contributed by atoms with van der Waals surface area (Å²) in [5, 5.41) is 0. The van der Waals surface area contributed by atoms with Gasteiger partial charge in [0.25, 0.3) is 8.65 Å². The SMILES string of the molecule is CCCOCCCCC(C)C[Si](=CCCCCOCCCCC(C(CCC)CO[Si](C)(C)C)[Si](C)(C)C)OO[Si](C)(C)C. The lowest BCUT2D eigenvalue weighted by Gasteiger charge is -2.37. The molecule has 3 unspecified atom stereocenters. The van der Waals surface area contributed by atoms with Crippen molar-refractivity contribution >= 4 is 39.0 Å². The third kappa shape index (κ3) is 27.2. The highest BCUT2D eigenvalue weighted by Gasteiger charge is 2.33. The van der Waals surface area contributed by atoms with Gasteiger partial charge in [0, 0.05) is 41.1 Å². The highest BCUT2D eigenvalue weighted by Crippen LogP contribution is 2.38. The molecule has 0 heterocycles. The van der Waals surface area contributed by atoms with Crippen LogP contribution in [0.3, 0.4) is 0 Å². The van der Waals surface area contributed by atoms with Gasteiger partial charge in [0.2, 0.25) is 8.32 Å². The van der Waals surface area contributed by atoms with Crippen LogP contribution >= 0.6 is 0 Å². The molecule has 0 spiro atoms. The monoisotopic (exact) mass is 676 g/mol. The van der Waals surface area contributed by atoms with E-state index < -0.39 is 33.4 Å². The van der Waals surface area contributed by atoms with Crippen LogP contribution in [-0.4, -0.2) is 72.1 Å². The summed E-state index contributed by atoms with van der Waals surface area (Å²) in [6.45, 7) is 32.6. The Balaban J connectivity index is 4.46. The molecule has 0 amide bonds. The summed E-state index contributed by atoms with van der Waals surface area (Å²) >= 11 is 0. The van der Waals surface area contributed by atoms with Gasteiger partial charge in [-0.3, -0.25) is 4.58 Å². The molecule has 0 saturated carbocycles. The molecular weight excluding hydrogens is 601 g/mol. The first-order chi connectivity index (χ1) is 20.1. The van der Waals surface area contributed by atoms with Crippen LogP contribution in [0, 0.1) is 11.8 Å². The molecule has 3 atom stereocenters. The van der Waals surface area contributed by atoms with Gasteiger partial charge in [0.1, 0.15) is 0 Å². The predicted molar refractivity (Wildman–Crippen MR) is 200 cm³/mol. The van der Waals surface area contributed by atoms with Crippen molar-refractivity contribution in [2.45, 2.75) is 168 Å². The Morgan fingerprint density at radius 3 is 1.77 bits per heavy atom. The van der Waals surface area contributed by atoms with E-state index in [1.165, 1.54) is 51.4 Å². The van der Waals surface area contributed by atoms with Gasteiger partial charge in [-0.2, -0.15) is 0 Å². The third-order valence-electron chi connectivity index (χ3n) is 7.77. The topological polar surface area (TPSA) is 46.2 Å². The van der Waals surface area contributed by atoms with Gasteiger partial charge < -0.3 is 18.5 Å². The Morgan fingerprint density at radius 1 is 0.651 bits per heavy atom. The Bertz CT molecular complexity index is 686. The summed E-state index contributed by atoms with van der Waals surface area (Å²) in [5.41, 5.74) is 3.28. The lowest BCUT2D eigenvalue weighted by molar-refractivity contribution is -0.113. The molecule has 0 aliphatic carbocycles. The van der Waals surface area contributed by atoms with E-state index in [4.69, 9.17) is 23.1 Å². The van der Waals surface area contributed by atoms with Gasteiger partial charge in [-0.1, -0.05) is 78.2 Å². The van der Waals surface area contributed by atoms with Crippen molar-refractivity contribution in [1.29, 1.82) is 0 Å². The van der Waals surface area contributed by atoms with E-state index in [0.717, 1.165) is 76.2 Å². The second kappa shape index (κ2) is 24.5. The highest BCUT2D eigenvalue weighted by atomic mass is 28.4. The van der Waals surface area contributed by atoms with Gasteiger partial charge in [-0.15, -0.1) is 0 Å². The molecule has 9 heteroatoms. The van der Waals surface area contributed by atoms with Gasteiger partial charge in [-0.25, -0.2) is 0 Å². The minimum Gasteiger partial charge on any atom is -0.422 e. The van der Waals surface area contributed by atoms with E-state index in [-0.39, 0.29) is 0 Å². The average molecular weight is 677 g/mol. The van der Waals surface area contributed by atoms with Crippen LogP contribution in [-0.2, 0) is 23.1 Å². The maximum Gasteiger partial charge on any atom is 0.283 e. The second-order valence-corrected chi connectivity index (χ2v) is 32.2. The van der Waals surface area contributed by atoms with Crippen molar-refractivity contribution in [3.8, 4) is 0 Å². The van der Waals surface area contributed by atoms with Crippen LogP contribution in [0.4, 0.5) is 0 Å². The first-order valence-corrected chi connectivity index (χ1v) is 30.0. The molecule has 0 bridgehead atoms. The van der Waals surface area contributed by atoms with E-state index in [9.17, 15) is 0 Å². The minimum absolute atomic E-state index is 0.663. The lowest BCUT2D eigenvalue weighted by atomic mass is 9.96. The van der Waals surface area contributed by atoms with Crippen LogP contribution in [0.2, 0.25) is 70.5 Å². The van der Waals surface area contributed by atoms with Crippen molar-refractivity contribution in [2.24, 2.45) is 11.8 Å². The molecule has 0 aromatic heterocycles. The zero-order valence-corrected chi connectivity index (χ0v) is 35.1. The molecule has 0 aromatic carbocycles. The molecule has 0 aromatic rings.